The Hall–Kier alpha value is -0.980. The highest BCUT2D eigenvalue weighted by Crippen LogP contribution is 2.35. The SMILES string of the molecule is CS(=O)(=O)N(CCC(=O)N1CCCCC1)c1c(Cl)cccc1Cl. The first-order chi connectivity index (χ1) is 10.8. The van der Waals surface area contributed by atoms with Gasteiger partial charge in [0.25, 0.3) is 0 Å². The Morgan fingerprint density at radius 3 is 2.26 bits per heavy atom. The number of amides is 1. The van der Waals surface area contributed by atoms with E-state index in [1.54, 1.807) is 23.1 Å². The summed E-state index contributed by atoms with van der Waals surface area (Å²) >= 11 is 12.2. The van der Waals surface area contributed by atoms with Gasteiger partial charge in [0, 0.05) is 26.1 Å². The molecule has 0 saturated carbocycles. The van der Waals surface area contributed by atoms with Crippen LogP contribution in [0.15, 0.2) is 18.2 Å². The van der Waals surface area contributed by atoms with Crippen molar-refractivity contribution in [1.29, 1.82) is 0 Å². The van der Waals surface area contributed by atoms with Gasteiger partial charge < -0.3 is 4.90 Å². The van der Waals surface area contributed by atoms with Crippen LogP contribution in [0.2, 0.25) is 10.0 Å². The molecule has 0 aliphatic carbocycles. The Labute approximate surface area is 147 Å². The number of anilines is 1. The van der Waals surface area contributed by atoms with E-state index >= 15 is 0 Å². The average Bonchev–Trinajstić information content (AvgIpc) is 2.49. The van der Waals surface area contributed by atoms with Crippen LogP contribution < -0.4 is 4.31 Å². The van der Waals surface area contributed by atoms with Gasteiger partial charge in [0.1, 0.15) is 0 Å². The molecule has 1 saturated heterocycles. The fourth-order valence-electron chi connectivity index (χ4n) is 2.67. The zero-order valence-electron chi connectivity index (χ0n) is 13.0. The molecule has 1 aliphatic rings. The molecule has 1 fully saturated rings. The van der Waals surface area contributed by atoms with Crippen molar-refractivity contribution in [3.05, 3.63) is 28.2 Å². The normalized spacial score (nSPS) is 15.5. The second-order valence-corrected chi connectivity index (χ2v) is 8.32. The van der Waals surface area contributed by atoms with E-state index in [0.717, 1.165) is 42.9 Å². The molecule has 0 aromatic heterocycles. The molecule has 0 atom stereocenters. The molecular formula is C15H20Cl2N2O3S. The largest absolute Gasteiger partial charge is 0.343 e. The molecule has 128 valence electrons. The van der Waals surface area contributed by atoms with Crippen molar-refractivity contribution in [2.45, 2.75) is 25.7 Å². The maximum absolute atomic E-state index is 12.3. The topological polar surface area (TPSA) is 57.7 Å². The minimum Gasteiger partial charge on any atom is -0.343 e. The number of para-hydroxylation sites is 1. The number of sulfonamides is 1. The fourth-order valence-corrected chi connectivity index (χ4v) is 4.32. The maximum Gasteiger partial charge on any atom is 0.232 e. The highest BCUT2D eigenvalue weighted by molar-refractivity contribution is 7.92. The molecule has 0 bridgehead atoms. The van der Waals surface area contributed by atoms with Crippen molar-refractivity contribution >= 4 is 44.8 Å². The van der Waals surface area contributed by atoms with Gasteiger partial charge in [-0.3, -0.25) is 9.10 Å². The average molecular weight is 379 g/mol. The Bertz CT molecular complexity index is 653. The standard InChI is InChI=1S/C15H20Cl2N2O3S/c1-23(21,22)19(15-12(16)6-5-7-13(15)17)11-8-14(20)18-9-3-2-4-10-18/h5-7H,2-4,8-11H2,1H3. The Balaban J connectivity index is 2.16. The summed E-state index contributed by atoms with van der Waals surface area (Å²) in [5, 5.41) is 0.488. The summed E-state index contributed by atoms with van der Waals surface area (Å²) < 4.78 is 25.3. The van der Waals surface area contributed by atoms with Crippen molar-refractivity contribution in [2.75, 3.05) is 30.2 Å². The number of carbonyl (C=O) groups excluding carboxylic acids is 1. The lowest BCUT2D eigenvalue weighted by Gasteiger charge is -2.29. The van der Waals surface area contributed by atoms with Crippen LogP contribution in [0.25, 0.3) is 0 Å². The predicted octanol–water partition coefficient (Wildman–Crippen LogP) is 3.16. The van der Waals surface area contributed by atoms with Gasteiger partial charge in [0.2, 0.25) is 15.9 Å². The van der Waals surface area contributed by atoms with Crippen LogP contribution in [-0.2, 0) is 14.8 Å². The zero-order chi connectivity index (χ0) is 17.0. The lowest BCUT2D eigenvalue weighted by molar-refractivity contribution is -0.131. The lowest BCUT2D eigenvalue weighted by Crippen LogP contribution is -2.39. The van der Waals surface area contributed by atoms with Gasteiger partial charge >= 0.3 is 0 Å². The monoisotopic (exact) mass is 378 g/mol. The van der Waals surface area contributed by atoms with E-state index in [-0.39, 0.29) is 34.6 Å². The molecule has 1 amide bonds. The first kappa shape index (κ1) is 18.4. The van der Waals surface area contributed by atoms with Crippen LogP contribution >= 0.6 is 23.2 Å². The van der Waals surface area contributed by atoms with Crippen LogP contribution in [0.1, 0.15) is 25.7 Å². The molecule has 2 rings (SSSR count). The summed E-state index contributed by atoms with van der Waals surface area (Å²) in [6, 6.07) is 4.80. The summed E-state index contributed by atoms with van der Waals surface area (Å²) in [4.78, 5) is 14.1. The molecule has 0 N–H and O–H groups in total. The summed E-state index contributed by atoms with van der Waals surface area (Å²) in [6.07, 6.45) is 4.32. The van der Waals surface area contributed by atoms with E-state index in [2.05, 4.69) is 0 Å². The fraction of sp³-hybridized carbons (Fsp3) is 0.533. The maximum atomic E-state index is 12.3. The van der Waals surface area contributed by atoms with Gasteiger partial charge in [0.15, 0.2) is 0 Å². The smallest absolute Gasteiger partial charge is 0.232 e. The highest BCUT2D eigenvalue weighted by Gasteiger charge is 2.25. The number of halogens is 2. The third-order valence-electron chi connectivity index (χ3n) is 3.82. The molecule has 0 spiro atoms. The van der Waals surface area contributed by atoms with Gasteiger partial charge in [-0.2, -0.15) is 0 Å². The van der Waals surface area contributed by atoms with E-state index in [9.17, 15) is 13.2 Å². The number of hydrogen-bond acceptors (Lipinski definition) is 3. The molecular weight excluding hydrogens is 359 g/mol. The molecule has 8 heteroatoms. The number of hydrogen-bond donors (Lipinski definition) is 0. The number of nitrogens with zero attached hydrogens (tertiary/aromatic N) is 2. The number of rotatable bonds is 5. The summed E-state index contributed by atoms with van der Waals surface area (Å²) in [7, 11) is -3.60. The van der Waals surface area contributed by atoms with E-state index in [1.807, 2.05) is 0 Å². The van der Waals surface area contributed by atoms with Crippen LogP contribution in [0.5, 0.6) is 0 Å². The first-order valence-electron chi connectivity index (χ1n) is 7.50. The Kier molecular flexibility index (Phi) is 6.17. The molecule has 23 heavy (non-hydrogen) atoms. The van der Waals surface area contributed by atoms with Crippen LogP contribution in [0.3, 0.4) is 0 Å². The van der Waals surface area contributed by atoms with Gasteiger partial charge in [-0.15, -0.1) is 0 Å². The van der Waals surface area contributed by atoms with Gasteiger partial charge in [-0.1, -0.05) is 29.3 Å². The van der Waals surface area contributed by atoms with Gasteiger partial charge in [-0.25, -0.2) is 8.42 Å². The van der Waals surface area contributed by atoms with E-state index in [1.165, 1.54) is 0 Å². The molecule has 0 unspecified atom stereocenters. The van der Waals surface area contributed by atoms with Crippen LogP contribution in [-0.4, -0.2) is 45.1 Å². The van der Waals surface area contributed by atoms with E-state index in [4.69, 9.17) is 23.2 Å². The third kappa shape index (κ3) is 4.75. The number of likely N-dealkylation sites (tertiary alicyclic amines) is 1. The molecule has 1 aromatic carbocycles. The third-order valence-corrected chi connectivity index (χ3v) is 5.60. The molecule has 0 radical (unpaired) electrons. The van der Waals surface area contributed by atoms with Gasteiger partial charge in [-0.05, 0) is 31.4 Å². The van der Waals surface area contributed by atoms with Crippen LogP contribution in [0.4, 0.5) is 5.69 Å². The summed E-state index contributed by atoms with van der Waals surface area (Å²) in [6.45, 7) is 1.51. The molecule has 1 aromatic rings. The summed E-state index contributed by atoms with van der Waals surface area (Å²) in [5.41, 5.74) is 0.227. The van der Waals surface area contributed by atoms with Crippen molar-refractivity contribution in [3.63, 3.8) is 0 Å². The van der Waals surface area contributed by atoms with Crippen LogP contribution in [0, 0.1) is 0 Å². The van der Waals surface area contributed by atoms with E-state index < -0.39 is 10.0 Å². The number of piperidine rings is 1. The molecule has 1 heterocycles. The second kappa shape index (κ2) is 7.73. The minimum atomic E-state index is -3.60. The zero-order valence-corrected chi connectivity index (χ0v) is 15.3. The van der Waals surface area contributed by atoms with Crippen molar-refractivity contribution in [2.24, 2.45) is 0 Å². The lowest BCUT2D eigenvalue weighted by atomic mass is 10.1. The first-order valence-corrected chi connectivity index (χ1v) is 10.1. The second-order valence-electron chi connectivity index (χ2n) is 5.60. The predicted molar refractivity (Wildman–Crippen MR) is 93.7 cm³/mol. The molecule has 1 aliphatic heterocycles. The van der Waals surface area contributed by atoms with Crippen molar-refractivity contribution in [3.8, 4) is 0 Å². The minimum absolute atomic E-state index is 0.0254. The highest BCUT2D eigenvalue weighted by atomic mass is 35.5. The Morgan fingerprint density at radius 1 is 1.17 bits per heavy atom. The van der Waals surface area contributed by atoms with E-state index in [0.29, 0.717) is 0 Å². The number of benzene rings is 1. The Morgan fingerprint density at radius 2 is 1.74 bits per heavy atom. The quantitative estimate of drug-likeness (QED) is 0.790. The van der Waals surface area contributed by atoms with Crippen molar-refractivity contribution < 1.29 is 13.2 Å². The van der Waals surface area contributed by atoms with Gasteiger partial charge in [0.05, 0.1) is 22.0 Å². The van der Waals surface area contributed by atoms with Crippen molar-refractivity contribution in [1.82, 2.24) is 4.90 Å². The number of carbonyl (C=O) groups is 1. The summed E-state index contributed by atoms with van der Waals surface area (Å²) in [5.74, 6) is -0.0403. The molecule has 5 nitrogen and oxygen atoms in total.